The van der Waals surface area contributed by atoms with E-state index in [0.29, 0.717) is 17.6 Å². The number of rotatable bonds is 6. The highest BCUT2D eigenvalue weighted by molar-refractivity contribution is 8.01. The van der Waals surface area contributed by atoms with Crippen molar-refractivity contribution >= 4 is 29.0 Å². The summed E-state index contributed by atoms with van der Waals surface area (Å²) in [6.45, 7) is 2.61. The summed E-state index contributed by atoms with van der Waals surface area (Å²) in [5.74, 6) is 0.996. The monoisotopic (exact) mass is 402 g/mol. The molecule has 3 aromatic rings. The summed E-state index contributed by atoms with van der Waals surface area (Å²) >= 11 is 3.60. The number of imidazole rings is 1. The second kappa shape index (κ2) is 8.31. The van der Waals surface area contributed by atoms with Crippen LogP contribution in [0.5, 0.6) is 0 Å². The van der Waals surface area contributed by atoms with E-state index in [2.05, 4.69) is 20.7 Å². The van der Waals surface area contributed by atoms with E-state index in [9.17, 15) is 4.79 Å². The van der Waals surface area contributed by atoms with E-state index in [4.69, 9.17) is 4.42 Å². The van der Waals surface area contributed by atoms with Crippen LogP contribution in [0.3, 0.4) is 0 Å². The third-order valence-corrected chi connectivity index (χ3v) is 7.08. The van der Waals surface area contributed by atoms with Crippen LogP contribution in [0, 0.1) is 6.92 Å². The molecule has 1 amide bonds. The highest BCUT2D eigenvalue weighted by Gasteiger charge is 2.25. The summed E-state index contributed by atoms with van der Waals surface area (Å²) in [5, 5.41) is 5.81. The van der Waals surface area contributed by atoms with Gasteiger partial charge in [-0.2, -0.15) is 0 Å². The van der Waals surface area contributed by atoms with E-state index in [1.807, 2.05) is 35.5 Å². The van der Waals surface area contributed by atoms with Gasteiger partial charge in [-0.3, -0.25) is 4.79 Å². The number of nitrogens with zero attached hydrogens (tertiary/aromatic N) is 3. The largest absolute Gasteiger partial charge is 0.454 e. The third-order valence-electron chi connectivity index (χ3n) is 4.66. The molecule has 0 aliphatic heterocycles. The van der Waals surface area contributed by atoms with Gasteiger partial charge in [-0.1, -0.05) is 11.8 Å². The molecule has 27 heavy (non-hydrogen) atoms. The number of nitrogens with one attached hydrogen (secondary N) is 1. The van der Waals surface area contributed by atoms with Crippen molar-refractivity contribution in [3.05, 3.63) is 53.4 Å². The van der Waals surface area contributed by atoms with Crippen LogP contribution < -0.4 is 5.32 Å². The first-order valence-corrected chi connectivity index (χ1v) is 10.9. The number of hydrogen-bond acceptors (Lipinski definition) is 6. The molecular formula is C19H22N4O2S2. The molecule has 4 rings (SSSR count). The van der Waals surface area contributed by atoms with Gasteiger partial charge >= 0.3 is 0 Å². The van der Waals surface area contributed by atoms with Crippen molar-refractivity contribution in [2.24, 2.45) is 0 Å². The van der Waals surface area contributed by atoms with Crippen molar-refractivity contribution in [1.82, 2.24) is 19.9 Å². The zero-order valence-electron chi connectivity index (χ0n) is 15.1. The Bertz CT molecular complexity index is 879. The second-order valence-electron chi connectivity index (χ2n) is 6.82. The Labute approximate surface area is 166 Å². The third kappa shape index (κ3) is 4.81. The molecule has 8 heteroatoms. The summed E-state index contributed by atoms with van der Waals surface area (Å²) in [7, 11) is 0. The molecule has 1 N–H and O–H groups in total. The molecule has 0 atom stereocenters. The average Bonchev–Trinajstić information content (AvgIpc) is 3.40. The molecule has 0 radical (unpaired) electrons. The molecule has 0 unspecified atom stereocenters. The number of hydrogen-bond donors (Lipinski definition) is 1. The summed E-state index contributed by atoms with van der Waals surface area (Å²) in [6.07, 6.45) is 9.50. The van der Waals surface area contributed by atoms with Crippen LogP contribution >= 0.6 is 23.1 Å². The minimum absolute atomic E-state index is 0.126. The molecule has 1 aliphatic carbocycles. The Hall–Kier alpha value is -2.06. The topological polar surface area (TPSA) is 73.0 Å². The van der Waals surface area contributed by atoms with E-state index < -0.39 is 0 Å². The predicted octanol–water partition coefficient (Wildman–Crippen LogP) is 4.12. The summed E-state index contributed by atoms with van der Waals surface area (Å²) in [4.78, 5) is 21.0. The second-order valence-corrected chi connectivity index (χ2v) is 9.23. The predicted molar refractivity (Wildman–Crippen MR) is 106 cm³/mol. The van der Waals surface area contributed by atoms with Crippen LogP contribution in [-0.2, 0) is 6.54 Å². The summed E-state index contributed by atoms with van der Waals surface area (Å²) in [6, 6.07) is 3.81. The number of amides is 1. The van der Waals surface area contributed by atoms with Crippen molar-refractivity contribution in [3.8, 4) is 0 Å². The zero-order chi connectivity index (χ0) is 18.6. The summed E-state index contributed by atoms with van der Waals surface area (Å²) in [5.41, 5.74) is 1.09. The molecule has 1 aliphatic rings. The Morgan fingerprint density at radius 2 is 2.22 bits per heavy atom. The number of aryl methyl sites for hydroxylation is 1. The lowest BCUT2D eigenvalue weighted by molar-refractivity contribution is 0.0898. The molecule has 3 heterocycles. The van der Waals surface area contributed by atoms with Gasteiger partial charge in [-0.25, -0.2) is 9.97 Å². The van der Waals surface area contributed by atoms with E-state index >= 15 is 0 Å². The average molecular weight is 403 g/mol. The van der Waals surface area contributed by atoms with Gasteiger partial charge in [0.15, 0.2) is 5.76 Å². The molecule has 0 spiro atoms. The number of furan rings is 1. The SMILES string of the molecule is Cc1csc(SC2CCC(NC(=O)c3ccc(Cn4ccnc4)o3)CC2)n1. The maximum absolute atomic E-state index is 12.5. The van der Waals surface area contributed by atoms with Crippen LogP contribution in [0.25, 0.3) is 0 Å². The fraction of sp³-hybridized carbons (Fsp3) is 0.421. The molecule has 0 bridgehead atoms. The minimum atomic E-state index is -0.126. The smallest absolute Gasteiger partial charge is 0.287 e. The molecule has 0 saturated heterocycles. The number of thioether (sulfide) groups is 1. The van der Waals surface area contributed by atoms with Gasteiger partial charge in [0.2, 0.25) is 0 Å². The van der Waals surface area contributed by atoms with Gasteiger partial charge in [0.05, 0.1) is 12.9 Å². The first-order chi connectivity index (χ1) is 13.2. The lowest BCUT2D eigenvalue weighted by atomic mass is 9.95. The highest BCUT2D eigenvalue weighted by atomic mass is 32.2. The van der Waals surface area contributed by atoms with E-state index in [1.54, 1.807) is 29.9 Å². The maximum atomic E-state index is 12.5. The molecule has 1 fully saturated rings. The van der Waals surface area contributed by atoms with Crippen LogP contribution in [0.1, 0.15) is 47.7 Å². The quantitative estimate of drug-likeness (QED) is 0.671. The van der Waals surface area contributed by atoms with Gasteiger partial charge in [0.25, 0.3) is 5.91 Å². The van der Waals surface area contributed by atoms with Crippen molar-refractivity contribution < 1.29 is 9.21 Å². The fourth-order valence-corrected chi connectivity index (χ4v) is 5.54. The minimum Gasteiger partial charge on any atom is -0.454 e. The van der Waals surface area contributed by atoms with E-state index in [-0.39, 0.29) is 11.9 Å². The number of carbonyl (C=O) groups excluding carboxylic acids is 1. The van der Waals surface area contributed by atoms with Gasteiger partial charge < -0.3 is 14.3 Å². The Morgan fingerprint density at radius 3 is 2.93 bits per heavy atom. The fourth-order valence-electron chi connectivity index (χ4n) is 3.26. The van der Waals surface area contributed by atoms with Gasteiger partial charge in [0, 0.05) is 34.8 Å². The van der Waals surface area contributed by atoms with Crippen molar-refractivity contribution in [2.75, 3.05) is 0 Å². The lowest BCUT2D eigenvalue weighted by Gasteiger charge is -2.27. The first-order valence-electron chi connectivity index (χ1n) is 9.10. The van der Waals surface area contributed by atoms with Crippen LogP contribution in [0.15, 0.2) is 45.0 Å². The standard InChI is InChI=1S/C19H22N4O2S2/c1-13-11-26-19(21-13)27-16-5-2-14(3-6-16)22-18(24)17-7-4-15(25-17)10-23-9-8-20-12-23/h4,7-9,11-12,14,16H,2-3,5-6,10H2,1H3,(H,22,24). The van der Waals surface area contributed by atoms with E-state index in [0.717, 1.165) is 41.5 Å². The first kappa shape index (κ1) is 18.3. The van der Waals surface area contributed by atoms with Crippen molar-refractivity contribution in [1.29, 1.82) is 0 Å². The van der Waals surface area contributed by atoms with E-state index in [1.165, 1.54) is 0 Å². The Balaban J connectivity index is 1.25. The molecule has 3 aromatic heterocycles. The zero-order valence-corrected chi connectivity index (χ0v) is 16.8. The molecule has 0 aromatic carbocycles. The normalized spacial score (nSPS) is 19.9. The summed E-state index contributed by atoms with van der Waals surface area (Å²) < 4.78 is 8.75. The maximum Gasteiger partial charge on any atom is 0.287 e. The number of aromatic nitrogens is 3. The van der Waals surface area contributed by atoms with Crippen LogP contribution in [-0.4, -0.2) is 31.7 Å². The van der Waals surface area contributed by atoms with Gasteiger partial charge in [0.1, 0.15) is 10.1 Å². The van der Waals surface area contributed by atoms with Crippen molar-refractivity contribution in [2.45, 2.75) is 54.8 Å². The molecule has 142 valence electrons. The lowest BCUT2D eigenvalue weighted by Crippen LogP contribution is -2.38. The van der Waals surface area contributed by atoms with Crippen LogP contribution in [0.2, 0.25) is 0 Å². The van der Waals surface area contributed by atoms with Crippen molar-refractivity contribution in [3.63, 3.8) is 0 Å². The molecule has 1 saturated carbocycles. The Morgan fingerprint density at radius 1 is 1.37 bits per heavy atom. The highest BCUT2D eigenvalue weighted by Crippen LogP contribution is 2.35. The Kier molecular flexibility index (Phi) is 5.63. The van der Waals surface area contributed by atoms with Crippen LogP contribution in [0.4, 0.5) is 0 Å². The number of thiazole rings is 1. The van der Waals surface area contributed by atoms with Gasteiger partial charge in [-0.15, -0.1) is 11.3 Å². The molecule has 6 nitrogen and oxygen atoms in total. The molecular weight excluding hydrogens is 380 g/mol. The van der Waals surface area contributed by atoms with Gasteiger partial charge in [-0.05, 0) is 44.7 Å². The number of carbonyl (C=O) groups is 1.